The smallest absolute Gasteiger partial charge is 0.243 e. The van der Waals surface area contributed by atoms with E-state index in [1.165, 1.54) is 36.7 Å². The third-order valence-electron chi connectivity index (χ3n) is 6.26. The molecule has 31 heavy (non-hydrogen) atoms. The van der Waals surface area contributed by atoms with E-state index in [0.717, 1.165) is 11.3 Å². The standard InChI is InChI=1S/C23H34BFN2O3S/c1-4-19(21(28)12-16-11-14(2)5-6-15(16)3)26-22(29)20(27-23(24)30)13-31-18-9-7-17(25)8-10-18/h7-10,14-16,19-21,28H,4-6,11-13H2,1-3H3,(H,26,29)(H,27,30)/t14?,15?,16?,19-,20+,21+/m0/s1. The zero-order valence-corrected chi connectivity index (χ0v) is 19.5. The van der Waals surface area contributed by atoms with Crippen LogP contribution < -0.4 is 10.6 Å². The van der Waals surface area contributed by atoms with E-state index in [9.17, 15) is 19.1 Å². The summed E-state index contributed by atoms with van der Waals surface area (Å²) in [6.07, 6.45) is 4.09. The van der Waals surface area contributed by atoms with E-state index in [4.69, 9.17) is 7.85 Å². The van der Waals surface area contributed by atoms with E-state index in [1.54, 1.807) is 12.1 Å². The summed E-state index contributed by atoms with van der Waals surface area (Å²) in [4.78, 5) is 25.1. The predicted molar refractivity (Wildman–Crippen MR) is 124 cm³/mol. The molecule has 5 nitrogen and oxygen atoms in total. The van der Waals surface area contributed by atoms with Gasteiger partial charge in [0.2, 0.25) is 13.8 Å². The van der Waals surface area contributed by atoms with Crippen molar-refractivity contribution >= 4 is 31.3 Å². The van der Waals surface area contributed by atoms with Gasteiger partial charge in [-0.1, -0.05) is 33.6 Å². The van der Waals surface area contributed by atoms with Crippen LogP contribution in [0.1, 0.15) is 52.9 Å². The molecule has 0 spiro atoms. The molecular weight excluding hydrogens is 414 g/mol. The Kier molecular flexibility index (Phi) is 10.4. The maximum atomic E-state index is 13.1. The van der Waals surface area contributed by atoms with Gasteiger partial charge in [0.1, 0.15) is 11.9 Å². The molecule has 0 heterocycles. The lowest BCUT2D eigenvalue weighted by Gasteiger charge is -2.36. The normalized spacial score (nSPS) is 24.1. The van der Waals surface area contributed by atoms with Crippen LogP contribution in [0.2, 0.25) is 0 Å². The third kappa shape index (κ3) is 8.49. The molecule has 1 aliphatic carbocycles. The van der Waals surface area contributed by atoms with Crippen LogP contribution in [0.15, 0.2) is 29.2 Å². The van der Waals surface area contributed by atoms with Gasteiger partial charge in [0.25, 0.3) is 0 Å². The Balaban J connectivity index is 1.96. The van der Waals surface area contributed by atoms with Crippen molar-refractivity contribution in [2.75, 3.05) is 5.75 Å². The van der Waals surface area contributed by atoms with Crippen molar-refractivity contribution in [3.8, 4) is 0 Å². The minimum absolute atomic E-state index is 0.240. The first kappa shape index (κ1) is 25.7. The van der Waals surface area contributed by atoms with Gasteiger partial charge in [-0.15, -0.1) is 11.8 Å². The van der Waals surface area contributed by atoms with Crippen LogP contribution in [-0.4, -0.2) is 48.6 Å². The van der Waals surface area contributed by atoms with Crippen LogP contribution in [0.5, 0.6) is 0 Å². The minimum atomic E-state index is -0.859. The zero-order chi connectivity index (χ0) is 23.0. The second-order valence-electron chi connectivity index (χ2n) is 8.81. The summed E-state index contributed by atoms with van der Waals surface area (Å²) in [5.41, 5.74) is 0. The van der Waals surface area contributed by atoms with E-state index in [1.807, 2.05) is 6.92 Å². The Morgan fingerprint density at radius 2 is 1.90 bits per heavy atom. The first-order valence-corrected chi connectivity index (χ1v) is 12.1. The molecule has 0 bridgehead atoms. The monoisotopic (exact) mass is 448 g/mol. The highest BCUT2D eigenvalue weighted by molar-refractivity contribution is 7.99. The van der Waals surface area contributed by atoms with Gasteiger partial charge in [0.15, 0.2) is 5.81 Å². The number of aliphatic hydroxyl groups excluding tert-OH is 1. The van der Waals surface area contributed by atoms with Crippen molar-refractivity contribution in [1.29, 1.82) is 0 Å². The topological polar surface area (TPSA) is 78.4 Å². The van der Waals surface area contributed by atoms with Gasteiger partial charge in [0.05, 0.1) is 12.1 Å². The Morgan fingerprint density at radius 1 is 1.23 bits per heavy atom. The van der Waals surface area contributed by atoms with Gasteiger partial charge in [-0.3, -0.25) is 9.59 Å². The number of halogens is 1. The first-order chi connectivity index (χ1) is 14.7. The molecule has 1 aromatic rings. The average Bonchev–Trinajstić information content (AvgIpc) is 2.72. The van der Waals surface area contributed by atoms with Crippen LogP contribution in [0.25, 0.3) is 0 Å². The number of hydrogen-bond acceptors (Lipinski definition) is 4. The summed E-state index contributed by atoms with van der Waals surface area (Å²) >= 11 is 1.32. The van der Waals surface area contributed by atoms with Crippen molar-refractivity contribution in [3.63, 3.8) is 0 Å². The SMILES string of the molecule is [B]C(=O)N[C@H](CSc1ccc(F)cc1)C(=O)N[C@@H](CC)[C@H](O)CC1CC(C)CCC1C. The summed E-state index contributed by atoms with van der Waals surface area (Å²) < 4.78 is 13.1. The third-order valence-corrected chi connectivity index (χ3v) is 7.37. The van der Waals surface area contributed by atoms with E-state index >= 15 is 0 Å². The summed E-state index contributed by atoms with van der Waals surface area (Å²) in [7, 11) is 5.26. The van der Waals surface area contributed by atoms with Crippen LogP contribution in [-0.2, 0) is 4.79 Å². The fourth-order valence-electron chi connectivity index (χ4n) is 4.27. The quantitative estimate of drug-likeness (QED) is 0.375. The number of rotatable bonds is 10. The molecule has 2 amide bonds. The molecule has 1 aromatic carbocycles. The van der Waals surface area contributed by atoms with Crippen LogP contribution in [0.4, 0.5) is 9.18 Å². The first-order valence-electron chi connectivity index (χ1n) is 11.1. The molecule has 3 unspecified atom stereocenters. The van der Waals surface area contributed by atoms with Crippen molar-refractivity contribution in [2.45, 2.75) is 76.0 Å². The fourth-order valence-corrected chi connectivity index (χ4v) is 5.19. The second-order valence-corrected chi connectivity index (χ2v) is 9.90. The highest BCUT2D eigenvalue weighted by atomic mass is 32.2. The summed E-state index contributed by atoms with van der Waals surface area (Å²) in [5, 5.41) is 16.2. The number of aliphatic hydroxyl groups is 1. The Morgan fingerprint density at radius 3 is 2.52 bits per heavy atom. The van der Waals surface area contributed by atoms with E-state index in [0.29, 0.717) is 30.6 Å². The molecule has 1 aliphatic rings. The van der Waals surface area contributed by atoms with Gasteiger partial charge in [-0.2, -0.15) is 0 Å². The lowest BCUT2D eigenvalue weighted by molar-refractivity contribution is -0.124. The molecule has 2 rings (SSSR count). The molecular formula is C23H34BFN2O3S. The average molecular weight is 448 g/mol. The lowest BCUT2D eigenvalue weighted by atomic mass is 9.73. The Hall–Kier alpha value is -1.54. The molecule has 0 saturated heterocycles. The van der Waals surface area contributed by atoms with Crippen LogP contribution in [0.3, 0.4) is 0 Å². The molecule has 1 saturated carbocycles. The van der Waals surface area contributed by atoms with Gasteiger partial charge in [-0.05, 0) is 61.3 Å². The predicted octanol–water partition coefficient (Wildman–Crippen LogP) is 3.88. The number of thioether (sulfide) groups is 1. The zero-order valence-electron chi connectivity index (χ0n) is 18.6. The van der Waals surface area contributed by atoms with E-state index < -0.39 is 24.0 Å². The fraction of sp³-hybridized carbons (Fsp3) is 0.652. The second kappa shape index (κ2) is 12.5. The number of hydrogen-bond donors (Lipinski definition) is 3. The van der Waals surface area contributed by atoms with E-state index in [2.05, 4.69) is 24.5 Å². The summed E-state index contributed by atoms with van der Waals surface area (Å²) in [6.45, 7) is 6.41. The summed E-state index contributed by atoms with van der Waals surface area (Å²) in [6, 6.07) is 4.66. The lowest BCUT2D eigenvalue weighted by Crippen LogP contribution is -2.53. The number of nitrogens with one attached hydrogen (secondary N) is 2. The number of benzene rings is 1. The minimum Gasteiger partial charge on any atom is -0.391 e. The van der Waals surface area contributed by atoms with Crippen LogP contribution in [0, 0.1) is 23.6 Å². The molecule has 8 heteroatoms. The Labute approximate surface area is 190 Å². The molecule has 0 aromatic heterocycles. The van der Waals surface area contributed by atoms with Gasteiger partial charge in [0, 0.05) is 10.6 Å². The van der Waals surface area contributed by atoms with Crippen molar-refractivity contribution < 1.29 is 19.1 Å². The van der Waals surface area contributed by atoms with Crippen molar-refractivity contribution in [2.24, 2.45) is 17.8 Å². The Bertz CT molecular complexity index is 721. The highest BCUT2D eigenvalue weighted by Gasteiger charge is 2.31. The number of carbonyl (C=O) groups excluding carboxylic acids is 2. The molecule has 1 fully saturated rings. The molecule has 170 valence electrons. The van der Waals surface area contributed by atoms with Gasteiger partial charge in [-0.25, -0.2) is 4.39 Å². The van der Waals surface area contributed by atoms with E-state index in [-0.39, 0.29) is 17.5 Å². The molecule has 2 radical (unpaired) electrons. The summed E-state index contributed by atoms with van der Waals surface area (Å²) in [5.74, 6) is 0.395. The van der Waals surface area contributed by atoms with Crippen molar-refractivity contribution in [3.05, 3.63) is 30.1 Å². The molecule has 0 aliphatic heterocycles. The van der Waals surface area contributed by atoms with Gasteiger partial charge >= 0.3 is 0 Å². The van der Waals surface area contributed by atoms with Crippen molar-refractivity contribution in [1.82, 2.24) is 10.6 Å². The largest absolute Gasteiger partial charge is 0.391 e. The number of carbonyl (C=O) groups is 2. The molecule has 6 atom stereocenters. The maximum absolute atomic E-state index is 13.1. The number of amides is 2. The van der Waals surface area contributed by atoms with Gasteiger partial charge < -0.3 is 15.7 Å². The maximum Gasteiger partial charge on any atom is 0.243 e. The highest BCUT2D eigenvalue weighted by Crippen LogP contribution is 2.36. The van der Waals surface area contributed by atoms with Crippen LogP contribution >= 0.6 is 11.8 Å². The molecule has 3 N–H and O–H groups in total.